The van der Waals surface area contributed by atoms with E-state index >= 15 is 0 Å². The molecule has 1 aliphatic rings. The van der Waals surface area contributed by atoms with Gasteiger partial charge in [0.2, 0.25) is 11.7 Å². The lowest BCUT2D eigenvalue weighted by atomic mass is 10.1. The number of hydrogen-bond acceptors (Lipinski definition) is 8. The van der Waals surface area contributed by atoms with E-state index in [0.29, 0.717) is 22.6 Å². The van der Waals surface area contributed by atoms with Crippen LogP contribution in [0.1, 0.15) is 28.8 Å². The van der Waals surface area contributed by atoms with E-state index in [-0.39, 0.29) is 35.9 Å². The lowest BCUT2D eigenvalue weighted by Gasteiger charge is -2.14. The molecule has 2 aromatic carbocycles. The van der Waals surface area contributed by atoms with E-state index in [1.54, 1.807) is 24.3 Å². The predicted octanol–water partition coefficient (Wildman–Crippen LogP) is 1.53. The smallest absolute Gasteiger partial charge is 0.326 e. The average molecular weight is 484 g/mol. The van der Waals surface area contributed by atoms with Crippen molar-refractivity contribution < 1.29 is 43.2 Å². The van der Waals surface area contributed by atoms with Crippen molar-refractivity contribution in [2.75, 3.05) is 20.8 Å². The number of aliphatic carboxylic acids is 1. The van der Waals surface area contributed by atoms with Crippen LogP contribution in [-0.2, 0) is 14.4 Å². The Balaban J connectivity index is 1.65. The summed E-state index contributed by atoms with van der Waals surface area (Å²) in [6.07, 6.45) is 1.24. The SMILES string of the molecule is COc1ccc(C=C2Oc3cc(OCC(=O)NC(CCC(N)=O)C(=O)O)ccc3C2=O)cc1OC. The quantitative estimate of drug-likeness (QED) is 0.401. The van der Waals surface area contributed by atoms with Crippen LogP contribution >= 0.6 is 0 Å². The zero-order valence-corrected chi connectivity index (χ0v) is 19.0. The fraction of sp³-hybridized carbons (Fsp3) is 0.250. The maximum atomic E-state index is 12.7. The summed E-state index contributed by atoms with van der Waals surface area (Å²) in [6.45, 7) is -0.485. The number of carboxylic acid groups (broad SMARTS) is 1. The monoisotopic (exact) mass is 484 g/mol. The van der Waals surface area contributed by atoms with E-state index in [9.17, 15) is 19.2 Å². The molecule has 11 heteroatoms. The molecule has 1 heterocycles. The molecule has 0 aromatic heterocycles. The van der Waals surface area contributed by atoms with E-state index < -0.39 is 30.4 Å². The molecule has 1 unspecified atom stereocenters. The minimum Gasteiger partial charge on any atom is -0.493 e. The molecule has 0 fully saturated rings. The molecule has 0 radical (unpaired) electrons. The molecule has 11 nitrogen and oxygen atoms in total. The summed E-state index contributed by atoms with van der Waals surface area (Å²) in [5.74, 6) is -1.35. The molecule has 1 aliphatic heterocycles. The van der Waals surface area contributed by atoms with E-state index in [1.165, 1.54) is 32.4 Å². The summed E-state index contributed by atoms with van der Waals surface area (Å²) in [5, 5.41) is 11.4. The van der Waals surface area contributed by atoms with Gasteiger partial charge < -0.3 is 35.1 Å². The fourth-order valence-corrected chi connectivity index (χ4v) is 3.28. The van der Waals surface area contributed by atoms with Crippen LogP contribution in [-0.4, -0.2) is 55.5 Å². The third-order valence-electron chi connectivity index (χ3n) is 5.03. The summed E-state index contributed by atoms with van der Waals surface area (Å²) < 4.78 is 21.6. The van der Waals surface area contributed by atoms with Crippen LogP contribution in [0.4, 0.5) is 0 Å². The number of nitrogens with two attached hydrogens (primary N) is 1. The molecular formula is C24H24N2O9. The van der Waals surface area contributed by atoms with Gasteiger partial charge in [-0.2, -0.15) is 0 Å². The molecule has 35 heavy (non-hydrogen) atoms. The van der Waals surface area contributed by atoms with Gasteiger partial charge in [0, 0.05) is 12.5 Å². The number of benzene rings is 2. The zero-order chi connectivity index (χ0) is 25.5. The van der Waals surface area contributed by atoms with Crippen molar-refractivity contribution in [3.05, 3.63) is 53.3 Å². The second-order valence-corrected chi connectivity index (χ2v) is 7.46. The van der Waals surface area contributed by atoms with Crippen LogP contribution in [0.15, 0.2) is 42.2 Å². The number of ketones is 1. The number of fused-ring (bicyclic) bond motifs is 1. The number of carboxylic acids is 1. The third kappa shape index (κ3) is 6.28. The highest BCUT2D eigenvalue weighted by Crippen LogP contribution is 2.36. The first-order valence-electron chi connectivity index (χ1n) is 10.5. The standard InChI is InChI=1S/C24H24N2O9/c1-32-17-7-3-13(9-19(17)33-2)10-20-23(29)15-5-4-14(11-18(15)35-20)34-12-22(28)26-16(24(30)31)6-8-21(25)27/h3-5,7,9-11,16H,6,8,12H2,1-2H3,(H2,25,27)(H,26,28)(H,30,31). The van der Waals surface area contributed by atoms with E-state index in [4.69, 9.17) is 29.8 Å². The van der Waals surface area contributed by atoms with Crippen LogP contribution in [0.2, 0.25) is 0 Å². The average Bonchev–Trinajstić information content (AvgIpc) is 3.14. The first-order chi connectivity index (χ1) is 16.7. The number of methoxy groups -OCH3 is 2. The normalized spacial score (nSPS) is 14.0. The second kappa shape index (κ2) is 11.1. The van der Waals surface area contributed by atoms with Crippen molar-refractivity contribution in [3.8, 4) is 23.0 Å². The molecule has 0 spiro atoms. The van der Waals surface area contributed by atoms with Crippen LogP contribution in [0, 0.1) is 0 Å². The summed E-state index contributed by atoms with van der Waals surface area (Å²) in [6, 6.07) is 8.34. The third-order valence-corrected chi connectivity index (χ3v) is 5.03. The lowest BCUT2D eigenvalue weighted by Crippen LogP contribution is -2.43. The number of nitrogens with one attached hydrogen (secondary N) is 1. The molecule has 0 aliphatic carbocycles. The van der Waals surface area contributed by atoms with Crippen LogP contribution in [0.25, 0.3) is 6.08 Å². The van der Waals surface area contributed by atoms with Gasteiger partial charge in [0.25, 0.3) is 5.91 Å². The van der Waals surface area contributed by atoms with Gasteiger partial charge in [-0.25, -0.2) is 4.79 Å². The molecule has 0 saturated carbocycles. The fourth-order valence-electron chi connectivity index (χ4n) is 3.28. The summed E-state index contributed by atoms with van der Waals surface area (Å²) in [5.41, 5.74) is 6.01. The minimum atomic E-state index is -1.29. The molecule has 2 amide bonds. The molecule has 1 atom stereocenters. The molecule has 0 saturated heterocycles. The van der Waals surface area contributed by atoms with Gasteiger partial charge in [-0.3, -0.25) is 14.4 Å². The maximum absolute atomic E-state index is 12.7. The number of rotatable bonds is 11. The molecule has 184 valence electrons. The van der Waals surface area contributed by atoms with Crippen molar-refractivity contribution in [3.63, 3.8) is 0 Å². The first kappa shape index (κ1) is 25.1. The van der Waals surface area contributed by atoms with Crippen molar-refractivity contribution in [2.24, 2.45) is 5.73 Å². The Morgan fingerprint density at radius 1 is 1.11 bits per heavy atom. The Bertz CT molecular complexity index is 1190. The van der Waals surface area contributed by atoms with E-state index in [2.05, 4.69) is 5.32 Å². The zero-order valence-electron chi connectivity index (χ0n) is 19.0. The molecule has 0 bridgehead atoms. The largest absolute Gasteiger partial charge is 0.493 e. The summed E-state index contributed by atoms with van der Waals surface area (Å²) in [7, 11) is 3.03. The number of allylic oxidation sites excluding steroid dienone is 1. The van der Waals surface area contributed by atoms with Crippen LogP contribution < -0.4 is 30.0 Å². The van der Waals surface area contributed by atoms with Crippen molar-refractivity contribution in [2.45, 2.75) is 18.9 Å². The number of ether oxygens (including phenoxy) is 4. The maximum Gasteiger partial charge on any atom is 0.326 e. The number of Topliss-reactive ketones (excluding diaryl/α,β-unsaturated/α-hetero) is 1. The second-order valence-electron chi connectivity index (χ2n) is 7.46. The van der Waals surface area contributed by atoms with Gasteiger partial charge in [0.1, 0.15) is 17.5 Å². The number of carbonyl (C=O) groups is 4. The Kier molecular flexibility index (Phi) is 7.92. The predicted molar refractivity (Wildman–Crippen MR) is 122 cm³/mol. The Labute approximate surface area is 200 Å². The number of hydrogen-bond donors (Lipinski definition) is 3. The Hall–Kier alpha value is -4.54. The van der Waals surface area contributed by atoms with Crippen molar-refractivity contribution in [1.29, 1.82) is 0 Å². The lowest BCUT2D eigenvalue weighted by molar-refractivity contribution is -0.142. The Morgan fingerprint density at radius 2 is 1.86 bits per heavy atom. The molecule has 4 N–H and O–H groups in total. The van der Waals surface area contributed by atoms with Gasteiger partial charge in [0.05, 0.1) is 19.8 Å². The molecule has 2 aromatic rings. The van der Waals surface area contributed by atoms with Gasteiger partial charge in [-0.15, -0.1) is 0 Å². The highest BCUT2D eigenvalue weighted by Gasteiger charge is 2.28. The van der Waals surface area contributed by atoms with Gasteiger partial charge >= 0.3 is 5.97 Å². The number of primary amides is 1. The van der Waals surface area contributed by atoms with Crippen molar-refractivity contribution in [1.82, 2.24) is 5.32 Å². The summed E-state index contributed by atoms with van der Waals surface area (Å²) >= 11 is 0. The highest BCUT2D eigenvalue weighted by molar-refractivity contribution is 6.14. The van der Waals surface area contributed by atoms with E-state index in [0.717, 1.165) is 0 Å². The van der Waals surface area contributed by atoms with Gasteiger partial charge in [-0.05, 0) is 42.3 Å². The van der Waals surface area contributed by atoms with Crippen molar-refractivity contribution >= 4 is 29.6 Å². The first-order valence-corrected chi connectivity index (χ1v) is 10.5. The minimum absolute atomic E-state index is 0.0980. The van der Waals surface area contributed by atoms with Gasteiger partial charge in [0.15, 0.2) is 23.9 Å². The highest BCUT2D eigenvalue weighted by atomic mass is 16.5. The van der Waals surface area contributed by atoms with Crippen LogP contribution in [0.3, 0.4) is 0 Å². The topological polar surface area (TPSA) is 163 Å². The van der Waals surface area contributed by atoms with Crippen LogP contribution in [0.5, 0.6) is 23.0 Å². The molecular weight excluding hydrogens is 460 g/mol. The molecule has 3 rings (SSSR count). The number of amides is 2. The number of carbonyl (C=O) groups excluding carboxylic acids is 3. The van der Waals surface area contributed by atoms with E-state index in [1.807, 2.05) is 0 Å². The Morgan fingerprint density at radius 3 is 2.51 bits per heavy atom. The summed E-state index contributed by atoms with van der Waals surface area (Å²) in [4.78, 5) is 46.9. The van der Waals surface area contributed by atoms with Gasteiger partial charge in [-0.1, -0.05) is 6.07 Å².